The minimum atomic E-state index is 0.0346. The zero-order chi connectivity index (χ0) is 15.4. The summed E-state index contributed by atoms with van der Waals surface area (Å²) in [6, 6.07) is 6.04. The molecule has 3 rings (SSSR count). The van der Waals surface area contributed by atoms with Crippen molar-refractivity contribution in [3.8, 4) is 11.5 Å². The summed E-state index contributed by atoms with van der Waals surface area (Å²) >= 11 is 0. The smallest absolute Gasteiger partial charge is 0.124 e. The van der Waals surface area contributed by atoms with Crippen molar-refractivity contribution < 1.29 is 9.47 Å². The van der Waals surface area contributed by atoms with Crippen LogP contribution in [0.5, 0.6) is 11.5 Å². The molecule has 4 heteroatoms. The number of benzene rings is 1. The predicted molar refractivity (Wildman–Crippen MR) is 88.4 cm³/mol. The Morgan fingerprint density at radius 2 is 2.00 bits per heavy atom. The molecule has 0 saturated carbocycles. The largest absolute Gasteiger partial charge is 0.494 e. The first kappa shape index (κ1) is 15.6. The third-order valence-electron chi connectivity index (χ3n) is 4.80. The molecule has 0 bridgehead atoms. The highest BCUT2D eigenvalue weighted by atomic mass is 16.5. The summed E-state index contributed by atoms with van der Waals surface area (Å²) in [4.78, 5) is 2.57. The van der Waals surface area contributed by atoms with Crippen LogP contribution in [-0.4, -0.2) is 37.7 Å². The van der Waals surface area contributed by atoms with Crippen LogP contribution in [0, 0.1) is 5.92 Å². The first-order valence-corrected chi connectivity index (χ1v) is 8.65. The van der Waals surface area contributed by atoms with E-state index >= 15 is 0 Å². The van der Waals surface area contributed by atoms with Gasteiger partial charge in [0.2, 0.25) is 0 Å². The minimum Gasteiger partial charge on any atom is -0.494 e. The van der Waals surface area contributed by atoms with Gasteiger partial charge in [0.1, 0.15) is 11.5 Å². The number of ether oxygens (including phenoxy) is 2. The van der Waals surface area contributed by atoms with Gasteiger partial charge in [0.15, 0.2) is 0 Å². The lowest BCUT2D eigenvalue weighted by molar-refractivity contribution is 0.140. The molecule has 2 heterocycles. The lowest BCUT2D eigenvalue weighted by Crippen LogP contribution is -2.40. The first-order chi connectivity index (χ1) is 10.8. The Hall–Kier alpha value is -1.26. The second kappa shape index (κ2) is 7.34. The van der Waals surface area contributed by atoms with E-state index in [2.05, 4.69) is 11.0 Å². The molecule has 0 spiro atoms. The van der Waals surface area contributed by atoms with Crippen LogP contribution in [0.15, 0.2) is 18.2 Å². The van der Waals surface area contributed by atoms with Gasteiger partial charge in [-0.3, -0.25) is 0 Å². The van der Waals surface area contributed by atoms with E-state index in [9.17, 15) is 0 Å². The number of hydrogen-bond acceptors (Lipinski definition) is 4. The van der Waals surface area contributed by atoms with Crippen LogP contribution in [0.4, 0.5) is 0 Å². The van der Waals surface area contributed by atoms with E-state index in [1.54, 1.807) is 0 Å². The quantitative estimate of drug-likeness (QED) is 0.929. The summed E-state index contributed by atoms with van der Waals surface area (Å²) in [6.07, 6.45) is 5.36. The van der Waals surface area contributed by atoms with E-state index in [4.69, 9.17) is 15.2 Å². The molecule has 122 valence electrons. The Bertz CT molecular complexity index is 484. The molecule has 2 unspecified atom stereocenters. The average Bonchev–Trinajstić information content (AvgIpc) is 2.80. The Morgan fingerprint density at radius 3 is 2.73 bits per heavy atom. The van der Waals surface area contributed by atoms with Crippen molar-refractivity contribution in [3.63, 3.8) is 0 Å². The van der Waals surface area contributed by atoms with Crippen LogP contribution in [0.25, 0.3) is 0 Å². The maximum absolute atomic E-state index is 6.55. The van der Waals surface area contributed by atoms with E-state index in [0.29, 0.717) is 12.5 Å². The van der Waals surface area contributed by atoms with Crippen LogP contribution in [0.2, 0.25) is 0 Å². The zero-order valence-corrected chi connectivity index (χ0v) is 13.6. The first-order valence-electron chi connectivity index (χ1n) is 8.65. The highest BCUT2D eigenvalue weighted by Crippen LogP contribution is 2.36. The molecule has 4 nitrogen and oxygen atoms in total. The summed E-state index contributed by atoms with van der Waals surface area (Å²) in [5, 5.41) is 0. The van der Waals surface area contributed by atoms with Crippen LogP contribution in [0.3, 0.4) is 0 Å². The lowest BCUT2D eigenvalue weighted by Gasteiger charge is -2.34. The van der Waals surface area contributed by atoms with Crippen molar-refractivity contribution in [3.05, 3.63) is 23.8 Å². The number of nitrogens with zero attached hydrogens (tertiary/aromatic N) is 1. The second-order valence-electron chi connectivity index (χ2n) is 6.44. The summed E-state index contributed by atoms with van der Waals surface area (Å²) in [6.45, 7) is 6.84. The fourth-order valence-electron chi connectivity index (χ4n) is 3.55. The molecule has 0 aliphatic carbocycles. The van der Waals surface area contributed by atoms with Crippen molar-refractivity contribution >= 4 is 0 Å². The van der Waals surface area contributed by atoms with Gasteiger partial charge in [-0.1, -0.05) is 12.8 Å². The summed E-state index contributed by atoms with van der Waals surface area (Å²) in [5.74, 6) is 2.17. The maximum atomic E-state index is 6.55. The van der Waals surface area contributed by atoms with E-state index in [-0.39, 0.29) is 6.04 Å². The van der Waals surface area contributed by atoms with Gasteiger partial charge in [-0.25, -0.2) is 0 Å². The fourth-order valence-corrected chi connectivity index (χ4v) is 3.55. The van der Waals surface area contributed by atoms with Crippen LogP contribution >= 0.6 is 0 Å². The van der Waals surface area contributed by atoms with Gasteiger partial charge in [0, 0.05) is 24.1 Å². The number of hydrogen-bond donors (Lipinski definition) is 1. The normalized spacial score (nSPS) is 25.9. The predicted octanol–water partition coefficient (Wildman–Crippen LogP) is 2.97. The SMILES string of the molecule is CCOc1ccc2c(c1)C(N)C(CN1CCCCCC1)CO2. The van der Waals surface area contributed by atoms with E-state index in [0.717, 1.165) is 30.2 Å². The minimum absolute atomic E-state index is 0.0346. The highest BCUT2D eigenvalue weighted by Gasteiger charge is 2.30. The summed E-state index contributed by atoms with van der Waals surface area (Å²) in [5.41, 5.74) is 7.64. The molecule has 1 aromatic carbocycles. The fraction of sp³-hybridized carbons (Fsp3) is 0.667. The molecule has 0 aromatic heterocycles. The molecule has 2 aliphatic rings. The molecule has 0 amide bonds. The van der Waals surface area contributed by atoms with Gasteiger partial charge in [-0.05, 0) is 51.1 Å². The van der Waals surface area contributed by atoms with E-state index in [1.165, 1.54) is 38.8 Å². The Morgan fingerprint density at radius 1 is 1.23 bits per heavy atom. The number of nitrogens with two attached hydrogens (primary N) is 1. The summed E-state index contributed by atoms with van der Waals surface area (Å²) in [7, 11) is 0. The Balaban J connectivity index is 1.69. The molecule has 1 saturated heterocycles. The molecule has 1 aromatic rings. The Kier molecular flexibility index (Phi) is 5.21. The van der Waals surface area contributed by atoms with Crippen molar-refractivity contribution in [1.29, 1.82) is 0 Å². The zero-order valence-electron chi connectivity index (χ0n) is 13.6. The maximum Gasteiger partial charge on any atom is 0.124 e. The second-order valence-corrected chi connectivity index (χ2v) is 6.44. The third-order valence-corrected chi connectivity index (χ3v) is 4.80. The monoisotopic (exact) mass is 304 g/mol. The standard InChI is InChI=1S/C18H28N2O2/c1-2-21-15-7-8-17-16(11-15)18(19)14(13-22-17)12-20-9-5-3-4-6-10-20/h7-8,11,14,18H,2-6,9-10,12-13,19H2,1H3. The Labute approximate surface area is 133 Å². The number of rotatable bonds is 4. The van der Waals surface area contributed by atoms with E-state index in [1.807, 2.05) is 19.1 Å². The van der Waals surface area contributed by atoms with E-state index < -0.39 is 0 Å². The molecule has 1 fully saturated rings. The molecule has 2 atom stereocenters. The van der Waals surface area contributed by atoms with Gasteiger partial charge in [0.05, 0.1) is 13.2 Å². The molecule has 2 N–H and O–H groups in total. The van der Waals surface area contributed by atoms with Gasteiger partial charge in [-0.2, -0.15) is 0 Å². The average molecular weight is 304 g/mol. The van der Waals surface area contributed by atoms with Crippen molar-refractivity contribution in [2.24, 2.45) is 11.7 Å². The third kappa shape index (κ3) is 3.55. The van der Waals surface area contributed by atoms with Crippen LogP contribution in [-0.2, 0) is 0 Å². The highest BCUT2D eigenvalue weighted by molar-refractivity contribution is 5.43. The van der Waals surface area contributed by atoms with Crippen molar-refractivity contribution in [1.82, 2.24) is 4.90 Å². The molecular formula is C18H28N2O2. The number of fused-ring (bicyclic) bond motifs is 1. The molecule has 22 heavy (non-hydrogen) atoms. The number of likely N-dealkylation sites (tertiary alicyclic amines) is 1. The lowest BCUT2D eigenvalue weighted by atomic mass is 9.90. The van der Waals surface area contributed by atoms with Gasteiger partial charge >= 0.3 is 0 Å². The van der Waals surface area contributed by atoms with Crippen LogP contribution in [0.1, 0.15) is 44.2 Å². The molecule has 0 radical (unpaired) electrons. The van der Waals surface area contributed by atoms with Crippen LogP contribution < -0.4 is 15.2 Å². The van der Waals surface area contributed by atoms with Gasteiger partial charge in [0.25, 0.3) is 0 Å². The summed E-state index contributed by atoms with van der Waals surface area (Å²) < 4.78 is 11.6. The topological polar surface area (TPSA) is 47.7 Å². The molecular weight excluding hydrogens is 276 g/mol. The van der Waals surface area contributed by atoms with Gasteiger partial charge in [-0.15, -0.1) is 0 Å². The van der Waals surface area contributed by atoms with Gasteiger partial charge < -0.3 is 20.1 Å². The molecule has 2 aliphatic heterocycles. The van der Waals surface area contributed by atoms with Crippen molar-refractivity contribution in [2.75, 3.05) is 32.8 Å². The van der Waals surface area contributed by atoms with Crippen molar-refractivity contribution in [2.45, 2.75) is 38.6 Å².